The topological polar surface area (TPSA) is 98.5 Å². The largest absolute Gasteiger partial charge is 0.370 e. The van der Waals surface area contributed by atoms with E-state index in [0.29, 0.717) is 5.56 Å². The molecule has 0 aliphatic carbocycles. The minimum Gasteiger partial charge on any atom is -0.370 e. The molecule has 0 fully saturated rings. The van der Waals surface area contributed by atoms with Gasteiger partial charge in [-0.3, -0.25) is 9.59 Å². The number of halogens is 1. The first-order chi connectivity index (χ1) is 7.00. The van der Waals surface area contributed by atoms with Gasteiger partial charge in [-0.1, -0.05) is 12.1 Å². The molecule has 0 saturated carbocycles. The summed E-state index contributed by atoms with van der Waals surface area (Å²) < 4.78 is 0. The number of ketones is 1. The van der Waals surface area contributed by atoms with E-state index in [2.05, 4.69) is 4.99 Å². The van der Waals surface area contributed by atoms with Gasteiger partial charge in [0.25, 0.3) is 5.91 Å². The van der Waals surface area contributed by atoms with E-state index in [-0.39, 0.29) is 29.7 Å². The van der Waals surface area contributed by atoms with Gasteiger partial charge in [-0.05, 0) is 19.1 Å². The molecule has 1 amide bonds. The number of hydrogen-bond donors (Lipinski definition) is 2. The van der Waals surface area contributed by atoms with Gasteiger partial charge in [0.05, 0.1) is 0 Å². The summed E-state index contributed by atoms with van der Waals surface area (Å²) in [6.45, 7) is 1.42. The predicted octanol–water partition coefficient (Wildman–Crippen LogP) is 0.725. The molecule has 0 unspecified atom stereocenters. The van der Waals surface area contributed by atoms with E-state index >= 15 is 0 Å². The Hall–Kier alpha value is -1.88. The molecule has 0 aliphatic heterocycles. The summed E-state index contributed by atoms with van der Waals surface area (Å²) in [7, 11) is 0. The standard InChI is InChI=1S/C10H11N3O2.ClH/c1-6(14)7-3-2-4-8(5-7)9(15)13-10(11)12;/h2-5H,1H3,(H4,11,12,13,15);1H. The van der Waals surface area contributed by atoms with Crippen molar-refractivity contribution in [3.63, 3.8) is 0 Å². The molecule has 5 nitrogen and oxygen atoms in total. The fraction of sp³-hybridized carbons (Fsp3) is 0.100. The number of hydrogen-bond acceptors (Lipinski definition) is 2. The highest BCUT2D eigenvalue weighted by Gasteiger charge is 2.06. The molecule has 0 heterocycles. The van der Waals surface area contributed by atoms with Crippen molar-refractivity contribution in [2.45, 2.75) is 6.92 Å². The molecule has 0 bridgehead atoms. The maximum absolute atomic E-state index is 11.4. The van der Waals surface area contributed by atoms with Crippen LogP contribution >= 0.6 is 12.4 Å². The maximum atomic E-state index is 11.4. The zero-order valence-electron chi connectivity index (χ0n) is 8.64. The number of amides is 1. The Bertz CT molecular complexity index is 439. The Morgan fingerprint density at radius 3 is 2.25 bits per heavy atom. The Balaban J connectivity index is 0.00000225. The summed E-state index contributed by atoms with van der Waals surface area (Å²) in [5.41, 5.74) is 10.9. The SMILES string of the molecule is CC(=O)c1cccc(C(=O)N=C(N)N)c1.Cl. The number of carbonyl (C=O) groups is 2. The molecule has 6 heteroatoms. The van der Waals surface area contributed by atoms with Crippen LogP contribution in [0.3, 0.4) is 0 Å². The van der Waals surface area contributed by atoms with Crippen molar-refractivity contribution in [3.05, 3.63) is 35.4 Å². The van der Waals surface area contributed by atoms with E-state index in [1.165, 1.54) is 13.0 Å². The van der Waals surface area contributed by atoms with Crippen molar-refractivity contribution >= 4 is 30.1 Å². The van der Waals surface area contributed by atoms with E-state index in [1.807, 2.05) is 0 Å². The van der Waals surface area contributed by atoms with Crippen molar-refractivity contribution in [2.75, 3.05) is 0 Å². The monoisotopic (exact) mass is 241 g/mol. The molecule has 4 N–H and O–H groups in total. The molecule has 0 aromatic heterocycles. The van der Waals surface area contributed by atoms with Crippen molar-refractivity contribution in [1.82, 2.24) is 0 Å². The van der Waals surface area contributed by atoms with Crippen molar-refractivity contribution < 1.29 is 9.59 Å². The first kappa shape index (κ1) is 14.1. The third kappa shape index (κ3) is 3.70. The highest BCUT2D eigenvalue weighted by atomic mass is 35.5. The second kappa shape index (κ2) is 5.87. The zero-order valence-corrected chi connectivity index (χ0v) is 9.45. The number of guanidine groups is 1. The molecule has 86 valence electrons. The highest BCUT2D eigenvalue weighted by Crippen LogP contribution is 2.07. The van der Waals surface area contributed by atoms with Crippen molar-refractivity contribution in [1.29, 1.82) is 0 Å². The molecular weight excluding hydrogens is 230 g/mol. The van der Waals surface area contributed by atoms with Gasteiger partial charge in [-0.25, -0.2) is 0 Å². The second-order valence-electron chi connectivity index (χ2n) is 2.98. The first-order valence-corrected chi connectivity index (χ1v) is 4.25. The quantitative estimate of drug-likeness (QED) is 0.453. The van der Waals surface area contributed by atoms with Crippen LogP contribution in [0.1, 0.15) is 27.6 Å². The number of carbonyl (C=O) groups excluding carboxylic acids is 2. The normalized spacial score (nSPS) is 8.81. The Morgan fingerprint density at radius 1 is 1.19 bits per heavy atom. The smallest absolute Gasteiger partial charge is 0.280 e. The number of Topliss-reactive ketones (excluding diaryl/α,β-unsaturated/α-hetero) is 1. The summed E-state index contributed by atoms with van der Waals surface area (Å²) in [6.07, 6.45) is 0. The summed E-state index contributed by atoms with van der Waals surface area (Å²) in [5, 5.41) is 0. The zero-order chi connectivity index (χ0) is 11.4. The van der Waals surface area contributed by atoms with Crippen LogP contribution in [0.5, 0.6) is 0 Å². The lowest BCUT2D eigenvalue weighted by Crippen LogP contribution is -2.24. The minimum atomic E-state index is -0.557. The molecule has 0 saturated heterocycles. The third-order valence-corrected chi connectivity index (χ3v) is 1.75. The van der Waals surface area contributed by atoms with E-state index in [0.717, 1.165) is 0 Å². The average molecular weight is 242 g/mol. The predicted molar refractivity (Wildman–Crippen MR) is 63.8 cm³/mol. The van der Waals surface area contributed by atoms with E-state index in [4.69, 9.17) is 11.5 Å². The van der Waals surface area contributed by atoms with Crippen LogP contribution in [-0.4, -0.2) is 17.6 Å². The van der Waals surface area contributed by atoms with Crippen LogP contribution in [0, 0.1) is 0 Å². The van der Waals surface area contributed by atoms with Crippen LogP contribution in [0.2, 0.25) is 0 Å². The van der Waals surface area contributed by atoms with Gasteiger partial charge in [0.15, 0.2) is 11.7 Å². The van der Waals surface area contributed by atoms with E-state index < -0.39 is 5.91 Å². The first-order valence-electron chi connectivity index (χ1n) is 4.25. The summed E-state index contributed by atoms with van der Waals surface area (Å²) in [5.74, 6) is -0.972. The molecule has 1 aromatic rings. The lowest BCUT2D eigenvalue weighted by atomic mass is 10.1. The molecule has 0 aliphatic rings. The van der Waals surface area contributed by atoms with Crippen LogP contribution in [0.4, 0.5) is 0 Å². The highest BCUT2D eigenvalue weighted by molar-refractivity contribution is 6.03. The van der Waals surface area contributed by atoms with Crippen LogP contribution in [0.25, 0.3) is 0 Å². The van der Waals surface area contributed by atoms with Crippen LogP contribution < -0.4 is 11.5 Å². The summed E-state index contributed by atoms with van der Waals surface area (Å²) in [4.78, 5) is 25.8. The van der Waals surface area contributed by atoms with Crippen molar-refractivity contribution in [2.24, 2.45) is 16.5 Å². The number of rotatable bonds is 2. The second-order valence-corrected chi connectivity index (χ2v) is 2.98. The molecule has 1 aromatic carbocycles. The Kier molecular flexibility index (Phi) is 5.18. The van der Waals surface area contributed by atoms with Gasteiger partial charge in [0.2, 0.25) is 0 Å². The van der Waals surface area contributed by atoms with Gasteiger partial charge in [0, 0.05) is 11.1 Å². The third-order valence-electron chi connectivity index (χ3n) is 1.75. The van der Waals surface area contributed by atoms with Gasteiger partial charge in [-0.2, -0.15) is 4.99 Å². The van der Waals surface area contributed by atoms with E-state index in [9.17, 15) is 9.59 Å². The molecule has 0 radical (unpaired) electrons. The van der Waals surface area contributed by atoms with Gasteiger partial charge < -0.3 is 11.5 Å². The molecule has 0 atom stereocenters. The summed E-state index contributed by atoms with van der Waals surface area (Å²) in [6, 6.07) is 6.22. The fourth-order valence-corrected chi connectivity index (χ4v) is 1.05. The van der Waals surface area contributed by atoms with E-state index in [1.54, 1.807) is 18.2 Å². The number of benzene rings is 1. The van der Waals surface area contributed by atoms with Gasteiger partial charge >= 0.3 is 0 Å². The molecule has 16 heavy (non-hydrogen) atoms. The Morgan fingerprint density at radius 2 is 1.75 bits per heavy atom. The average Bonchev–Trinajstić information content (AvgIpc) is 2.17. The summed E-state index contributed by atoms with van der Waals surface area (Å²) >= 11 is 0. The van der Waals surface area contributed by atoms with Crippen LogP contribution in [-0.2, 0) is 0 Å². The minimum absolute atomic E-state index is 0. The maximum Gasteiger partial charge on any atom is 0.280 e. The molecule has 1 rings (SSSR count). The number of nitrogens with two attached hydrogens (primary N) is 2. The molecule has 0 spiro atoms. The van der Waals surface area contributed by atoms with Gasteiger partial charge in [-0.15, -0.1) is 12.4 Å². The van der Waals surface area contributed by atoms with Crippen molar-refractivity contribution in [3.8, 4) is 0 Å². The van der Waals surface area contributed by atoms with Crippen LogP contribution in [0.15, 0.2) is 29.3 Å². The fourth-order valence-electron chi connectivity index (χ4n) is 1.05. The molecular formula is C10H12ClN3O2. The van der Waals surface area contributed by atoms with Gasteiger partial charge in [0.1, 0.15) is 0 Å². The number of aliphatic imine (C=N–C) groups is 1. The lowest BCUT2D eigenvalue weighted by Gasteiger charge is -1.98. The number of nitrogens with zero attached hydrogens (tertiary/aromatic N) is 1. The Labute approximate surface area is 98.9 Å². The lowest BCUT2D eigenvalue weighted by molar-refractivity contribution is 0.100.